The first-order valence-electron chi connectivity index (χ1n) is 8.00. The fourth-order valence-corrected chi connectivity index (χ4v) is 3.23. The molecule has 1 aromatic carbocycles. The zero-order valence-corrected chi connectivity index (χ0v) is 13.6. The smallest absolute Gasteiger partial charge is 0.406 e. The van der Waals surface area contributed by atoms with E-state index in [1.54, 1.807) is 11.0 Å². The predicted molar refractivity (Wildman–Crippen MR) is 82.5 cm³/mol. The van der Waals surface area contributed by atoms with Gasteiger partial charge in [-0.2, -0.15) is 0 Å². The molecule has 0 saturated carbocycles. The Labute approximate surface area is 139 Å². The average Bonchev–Trinajstić information content (AvgIpc) is 2.91. The highest BCUT2D eigenvalue weighted by Gasteiger charge is 2.38. The number of carbonyl (C=O) groups excluding carboxylic acids is 1. The third-order valence-corrected chi connectivity index (χ3v) is 4.39. The second-order valence-corrected chi connectivity index (χ2v) is 6.35. The fraction of sp³-hybridized carbons (Fsp3) is 0.588. The summed E-state index contributed by atoms with van der Waals surface area (Å²) in [6, 6.07) is 5.47. The van der Waals surface area contributed by atoms with E-state index in [0.29, 0.717) is 18.7 Å². The molecule has 1 aliphatic heterocycles. The van der Waals surface area contributed by atoms with Gasteiger partial charge in [-0.05, 0) is 30.5 Å². The van der Waals surface area contributed by atoms with E-state index in [1.807, 2.05) is 6.92 Å². The summed E-state index contributed by atoms with van der Waals surface area (Å²) in [5, 5.41) is 9.62. The van der Waals surface area contributed by atoms with Crippen molar-refractivity contribution in [1.29, 1.82) is 0 Å². The summed E-state index contributed by atoms with van der Waals surface area (Å²) in [4.78, 5) is 14.1. The van der Waals surface area contributed by atoms with Crippen LogP contribution in [-0.4, -0.2) is 42.0 Å². The molecule has 0 bridgehead atoms. The van der Waals surface area contributed by atoms with Crippen LogP contribution in [0.25, 0.3) is 0 Å². The van der Waals surface area contributed by atoms with Crippen molar-refractivity contribution < 1.29 is 27.8 Å². The molecule has 1 saturated heterocycles. The molecule has 1 N–H and O–H groups in total. The number of alkyl halides is 3. The molecule has 134 valence electrons. The van der Waals surface area contributed by atoms with Gasteiger partial charge in [0, 0.05) is 18.5 Å². The maximum atomic E-state index is 12.4. The van der Waals surface area contributed by atoms with Crippen molar-refractivity contribution in [3.63, 3.8) is 0 Å². The second-order valence-electron chi connectivity index (χ2n) is 6.35. The Morgan fingerprint density at radius 3 is 2.79 bits per heavy atom. The Morgan fingerprint density at radius 2 is 2.17 bits per heavy atom. The number of likely N-dealkylation sites (tertiary alicyclic amines) is 1. The van der Waals surface area contributed by atoms with E-state index in [-0.39, 0.29) is 30.1 Å². The number of ether oxygens (including phenoxy) is 1. The molecule has 2 rings (SSSR count). The number of amides is 1. The van der Waals surface area contributed by atoms with E-state index in [0.717, 1.165) is 19.3 Å². The first kappa shape index (κ1) is 18.6. The van der Waals surface area contributed by atoms with E-state index in [2.05, 4.69) is 4.74 Å². The summed E-state index contributed by atoms with van der Waals surface area (Å²) in [7, 11) is 0. The zero-order chi connectivity index (χ0) is 17.8. The first-order valence-corrected chi connectivity index (χ1v) is 8.00. The maximum Gasteiger partial charge on any atom is 0.573 e. The van der Waals surface area contributed by atoms with Gasteiger partial charge in [0.15, 0.2) is 0 Å². The van der Waals surface area contributed by atoms with Gasteiger partial charge in [-0.1, -0.05) is 25.5 Å². The Kier molecular flexibility index (Phi) is 5.74. The molecule has 1 atom stereocenters. The van der Waals surface area contributed by atoms with Gasteiger partial charge in [0.25, 0.3) is 0 Å². The summed E-state index contributed by atoms with van der Waals surface area (Å²) in [5.74, 6) is -0.476. The molecule has 0 aromatic heterocycles. The highest BCUT2D eigenvalue weighted by atomic mass is 19.4. The molecule has 24 heavy (non-hydrogen) atoms. The standard InChI is InChI=1S/C17H22F3NO3/c1-2-6-16(12-22)7-8-21(11-16)15(23)10-13-4-3-5-14(9-13)24-17(18,19)20/h3-5,9,22H,2,6-8,10-12H2,1H3. The number of hydrogen-bond donors (Lipinski definition) is 1. The van der Waals surface area contributed by atoms with Crippen LogP contribution in [0.5, 0.6) is 5.75 Å². The Hall–Kier alpha value is -1.76. The van der Waals surface area contributed by atoms with Gasteiger partial charge in [0.2, 0.25) is 5.91 Å². The van der Waals surface area contributed by atoms with Crippen molar-refractivity contribution >= 4 is 5.91 Å². The lowest BCUT2D eigenvalue weighted by Crippen LogP contribution is -2.34. The van der Waals surface area contributed by atoms with E-state index >= 15 is 0 Å². The lowest BCUT2D eigenvalue weighted by Gasteiger charge is -2.26. The summed E-state index contributed by atoms with van der Waals surface area (Å²) in [6.45, 7) is 3.14. The number of rotatable bonds is 6. The topological polar surface area (TPSA) is 49.8 Å². The Balaban J connectivity index is 1.99. The van der Waals surface area contributed by atoms with Crippen LogP contribution in [0.3, 0.4) is 0 Å². The molecule has 0 aliphatic carbocycles. The minimum atomic E-state index is -4.75. The normalized spacial score (nSPS) is 21.1. The van der Waals surface area contributed by atoms with Gasteiger partial charge in [0.05, 0.1) is 13.0 Å². The molecule has 0 spiro atoms. The van der Waals surface area contributed by atoms with Crippen LogP contribution in [0.1, 0.15) is 31.7 Å². The lowest BCUT2D eigenvalue weighted by atomic mass is 9.83. The van der Waals surface area contributed by atoms with Crippen LogP contribution >= 0.6 is 0 Å². The van der Waals surface area contributed by atoms with Crippen molar-refractivity contribution in [3.8, 4) is 5.75 Å². The Morgan fingerprint density at radius 1 is 1.42 bits per heavy atom. The zero-order valence-electron chi connectivity index (χ0n) is 13.6. The van der Waals surface area contributed by atoms with Crippen molar-refractivity contribution in [1.82, 2.24) is 4.90 Å². The van der Waals surface area contributed by atoms with Gasteiger partial charge in [-0.15, -0.1) is 13.2 Å². The second kappa shape index (κ2) is 7.42. The van der Waals surface area contributed by atoms with Crippen LogP contribution in [0.15, 0.2) is 24.3 Å². The number of aliphatic hydroxyl groups is 1. The van der Waals surface area contributed by atoms with E-state index in [4.69, 9.17) is 0 Å². The van der Waals surface area contributed by atoms with Gasteiger partial charge in [-0.3, -0.25) is 4.79 Å². The Bertz CT molecular complexity index is 576. The lowest BCUT2D eigenvalue weighted by molar-refractivity contribution is -0.274. The maximum absolute atomic E-state index is 12.4. The van der Waals surface area contributed by atoms with Crippen LogP contribution in [0, 0.1) is 5.41 Å². The number of benzene rings is 1. The number of halogens is 3. The molecule has 1 aliphatic rings. The predicted octanol–water partition coefficient (Wildman–Crippen LogP) is 3.14. The van der Waals surface area contributed by atoms with Crippen molar-refractivity contribution in [2.75, 3.05) is 19.7 Å². The molecule has 1 fully saturated rings. The van der Waals surface area contributed by atoms with Gasteiger partial charge in [-0.25, -0.2) is 0 Å². The van der Waals surface area contributed by atoms with E-state index in [1.165, 1.54) is 18.2 Å². The van der Waals surface area contributed by atoms with Crippen molar-refractivity contribution in [3.05, 3.63) is 29.8 Å². The van der Waals surface area contributed by atoms with Gasteiger partial charge >= 0.3 is 6.36 Å². The molecule has 1 heterocycles. The number of nitrogens with zero attached hydrogens (tertiary/aromatic N) is 1. The third kappa shape index (κ3) is 4.87. The van der Waals surface area contributed by atoms with Gasteiger partial charge < -0.3 is 14.7 Å². The molecule has 0 radical (unpaired) electrons. The molecule has 1 aromatic rings. The van der Waals surface area contributed by atoms with E-state index < -0.39 is 6.36 Å². The number of aliphatic hydroxyl groups excluding tert-OH is 1. The molecule has 7 heteroatoms. The SMILES string of the molecule is CCCC1(CO)CCN(C(=O)Cc2cccc(OC(F)(F)F)c2)C1. The van der Waals surface area contributed by atoms with Crippen molar-refractivity contribution in [2.45, 2.75) is 39.0 Å². The molecular formula is C17H22F3NO3. The van der Waals surface area contributed by atoms with Crippen LogP contribution in [0.4, 0.5) is 13.2 Å². The molecule has 1 amide bonds. The van der Waals surface area contributed by atoms with Crippen LogP contribution in [0.2, 0.25) is 0 Å². The summed E-state index contributed by atoms with van der Waals surface area (Å²) in [6.07, 6.45) is -2.21. The minimum absolute atomic E-state index is 0.0166. The average molecular weight is 345 g/mol. The molecule has 4 nitrogen and oxygen atoms in total. The number of hydrogen-bond acceptors (Lipinski definition) is 3. The minimum Gasteiger partial charge on any atom is -0.406 e. The highest BCUT2D eigenvalue weighted by molar-refractivity contribution is 5.79. The van der Waals surface area contributed by atoms with Crippen LogP contribution < -0.4 is 4.74 Å². The quantitative estimate of drug-likeness (QED) is 0.862. The first-order chi connectivity index (χ1) is 11.3. The molecular weight excluding hydrogens is 323 g/mol. The highest BCUT2D eigenvalue weighted by Crippen LogP contribution is 2.35. The van der Waals surface area contributed by atoms with Gasteiger partial charge in [0.1, 0.15) is 5.75 Å². The molecule has 1 unspecified atom stereocenters. The monoisotopic (exact) mass is 345 g/mol. The fourth-order valence-electron chi connectivity index (χ4n) is 3.23. The third-order valence-electron chi connectivity index (χ3n) is 4.39. The summed E-state index contributed by atoms with van der Waals surface area (Å²) < 4.78 is 40.6. The van der Waals surface area contributed by atoms with Crippen LogP contribution in [-0.2, 0) is 11.2 Å². The van der Waals surface area contributed by atoms with E-state index in [9.17, 15) is 23.1 Å². The van der Waals surface area contributed by atoms with Crippen molar-refractivity contribution in [2.24, 2.45) is 5.41 Å². The number of carbonyl (C=O) groups is 1. The summed E-state index contributed by atoms with van der Waals surface area (Å²) in [5.41, 5.74) is 0.227. The largest absolute Gasteiger partial charge is 0.573 e. The summed E-state index contributed by atoms with van der Waals surface area (Å²) >= 11 is 0.